The van der Waals surface area contributed by atoms with Crippen LogP contribution in [0.2, 0.25) is 0 Å². The molecular weight excluding hydrogens is 339 g/mol. The van der Waals surface area contributed by atoms with E-state index in [1.165, 1.54) is 0 Å². The van der Waals surface area contributed by atoms with E-state index in [-0.39, 0.29) is 27.0 Å². The Hall–Kier alpha value is -0.372. The van der Waals surface area contributed by atoms with Crippen molar-refractivity contribution < 1.29 is 31.3 Å². The van der Waals surface area contributed by atoms with Crippen LogP contribution < -0.4 is 10.2 Å². The zero-order chi connectivity index (χ0) is 7.90. The zero-order valence-corrected chi connectivity index (χ0v) is 8.63. The fourth-order valence-electron chi connectivity index (χ4n) is 1.73. The van der Waals surface area contributed by atoms with Gasteiger partial charge in [-0.15, -0.1) is 0 Å². The van der Waals surface area contributed by atoms with Crippen molar-refractivity contribution in [3.8, 4) is 0 Å². The predicted molar refractivity (Wildman–Crippen MR) is 36.1 cm³/mol. The first-order valence-corrected chi connectivity index (χ1v) is 3.76. The second-order valence-electron chi connectivity index (χ2n) is 3.05. The van der Waals surface area contributed by atoms with E-state index in [0.717, 1.165) is 12.8 Å². The summed E-state index contributed by atoms with van der Waals surface area (Å²) in [4.78, 5) is 7.03. The number of hydrogen-bond donors (Lipinski definition) is 0. The first-order valence-electron chi connectivity index (χ1n) is 3.76. The maximum absolute atomic E-state index is 11.1. The molecule has 68 valence electrons. The molecule has 5 heteroatoms. The van der Waals surface area contributed by atoms with Crippen LogP contribution in [0.15, 0.2) is 9.98 Å². The van der Waals surface area contributed by atoms with Crippen molar-refractivity contribution in [1.29, 1.82) is 0 Å². The van der Waals surface area contributed by atoms with E-state index in [2.05, 4.69) is 9.98 Å². The van der Waals surface area contributed by atoms with Crippen LogP contribution in [0.5, 0.6) is 0 Å². The Labute approximate surface area is 84.7 Å². The summed E-state index contributed by atoms with van der Waals surface area (Å²) < 4.78 is 0. The van der Waals surface area contributed by atoms with Gasteiger partial charge in [-0.05, 0) is 18.7 Å². The Balaban J connectivity index is 0.000000720. The van der Waals surface area contributed by atoms with Crippen molar-refractivity contribution >= 4 is 11.9 Å². The summed E-state index contributed by atoms with van der Waals surface area (Å²) in [7, 11) is 0. The topological polar surface area (TPSA) is 70.8 Å². The molecule has 4 nitrogen and oxygen atoms in total. The molecule has 0 aromatic carbocycles. The summed E-state index contributed by atoms with van der Waals surface area (Å²) in [5.74, 6) is -0.319. The average Bonchev–Trinajstić information content (AvgIpc) is 2.45. The van der Waals surface area contributed by atoms with Gasteiger partial charge in [0.15, 0.2) is 0 Å². The number of rotatable bonds is 0. The van der Waals surface area contributed by atoms with Gasteiger partial charge in [0.25, 0.3) is 0 Å². The van der Waals surface area contributed by atoms with Crippen LogP contribution >= 0.6 is 0 Å². The predicted octanol–water partition coefficient (Wildman–Crippen LogP) is -1.21. The normalized spacial score (nSPS) is 25.0. The summed E-state index contributed by atoms with van der Waals surface area (Å²) in [6, 6.07) is -0.586. The molecule has 0 aromatic heterocycles. The van der Waals surface area contributed by atoms with E-state index in [0.29, 0.717) is 12.8 Å². The molecule has 2 rings (SSSR count). The molecule has 0 amide bonds. The molecule has 0 aromatic rings. The summed E-state index contributed by atoms with van der Waals surface area (Å²) in [6.07, 6.45) is 3.39. The minimum Gasteiger partial charge on any atom is -0.860 e. The van der Waals surface area contributed by atoms with Crippen LogP contribution in [0.1, 0.15) is 25.7 Å². The molecule has 0 atom stereocenters. The largest absolute Gasteiger partial charge is 2.00 e. The summed E-state index contributed by atoms with van der Waals surface area (Å²) in [6.45, 7) is 0. The fourth-order valence-corrected chi connectivity index (χ4v) is 1.73. The zero-order valence-electron chi connectivity index (χ0n) is 6.36. The van der Waals surface area contributed by atoms with Gasteiger partial charge in [-0.25, -0.2) is 0 Å². The molecular formula is C7H8N2O2Pt. The van der Waals surface area contributed by atoms with Crippen LogP contribution in [0.25, 0.3) is 0 Å². The fraction of sp³-hybridized carbons (Fsp3) is 0.714. The summed E-state index contributed by atoms with van der Waals surface area (Å²) in [5.41, 5.74) is -0.711. The van der Waals surface area contributed by atoms with Crippen LogP contribution in [-0.4, -0.2) is 17.5 Å². The molecule has 0 radical (unpaired) electrons. The Morgan fingerprint density at radius 3 is 2.17 bits per heavy atom. The molecule has 1 heterocycles. The maximum atomic E-state index is 11.1. The minimum absolute atomic E-state index is 0. The molecule has 1 saturated carbocycles. The third kappa shape index (κ3) is 1.28. The Morgan fingerprint density at radius 1 is 1.17 bits per heavy atom. The van der Waals surface area contributed by atoms with E-state index in [9.17, 15) is 10.2 Å². The van der Waals surface area contributed by atoms with Crippen LogP contribution in [0, 0.1) is 0 Å². The third-order valence-corrected chi connectivity index (χ3v) is 2.34. The number of amidine groups is 1. The standard InChI is InChI=1S/C7H10N2O2.Pt/c10-5-7(3-1-2-4-7)9-6(11)8-5;/h1-4H2,(H2,8,9,10,11);/q;+2/p-2. The molecule has 0 N–H and O–H groups in total. The van der Waals surface area contributed by atoms with Gasteiger partial charge in [0.2, 0.25) is 0 Å². The van der Waals surface area contributed by atoms with E-state index >= 15 is 0 Å². The SMILES string of the molecule is [O-]C1=NC2(CCCC2)C([O-])=N1.[Pt+2]. The van der Waals surface area contributed by atoms with Gasteiger partial charge in [0.05, 0.1) is 11.6 Å². The molecule has 0 unspecified atom stereocenters. The Morgan fingerprint density at radius 2 is 1.75 bits per heavy atom. The van der Waals surface area contributed by atoms with Crippen LogP contribution in [-0.2, 0) is 21.1 Å². The second-order valence-corrected chi connectivity index (χ2v) is 3.05. The van der Waals surface area contributed by atoms with Crippen molar-refractivity contribution in [1.82, 2.24) is 0 Å². The number of nitrogens with zero attached hydrogens (tertiary/aromatic N) is 2. The van der Waals surface area contributed by atoms with Gasteiger partial charge >= 0.3 is 21.1 Å². The van der Waals surface area contributed by atoms with E-state index in [1.807, 2.05) is 0 Å². The van der Waals surface area contributed by atoms with Crippen molar-refractivity contribution in [3.05, 3.63) is 0 Å². The van der Waals surface area contributed by atoms with Gasteiger partial charge in [0, 0.05) is 0 Å². The summed E-state index contributed by atoms with van der Waals surface area (Å²) in [5, 5.41) is 21.8. The monoisotopic (exact) mass is 347 g/mol. The molecule has 12 heavy (non-hydrogen) atoms. The summed E-state index contributed by atoms with van der Waals surface area (Å²) >= 11 is 0. The first-order chi connectivity index (χ1) is 5.23. The van der Waals surface area contributed by atoms with Gasteiger partial charge in [-0.1, -0.05) is 12.8 Å². The smallest absolute Gasteiger partial charge is 0.860 e. The quantitative estimate of drug-likeness (QED) is 0.552. The van der Waals surface area contributed by atoms with E-state index < -0.39 is 11.6 Å². The van der Waals surface area contributed by atoms with Crippen molar-refractivity contribution in [2.45, 2.75) is 31.2 Å². The maximum Gasteiger partial charge on any atom is 2.00 e. The average molecular weight is 347 g/mol. The first kappa shape index (κ1) is 9.71. The number of hydrogen-bond acceptors (Lipinski definition) is 4. The van der Waals surface area contributed by atoms with Gasteiger partial charge in [-0.3, -0.25) is 9.98 Å². The van der Waals surface area contributed by atoms with Gasteiger partial charge in [-0.2, -0.15) is 0 Å². The van der Waals surface area contributed by atoms with Gasteiger partial charge in [0.1, 0.15) is 0 Å². The van der Waals surface area contributed by atoms with Crippen molar-refractivity contribution in [3.63, 3.8) is 0 Å². The molecule has 2 aliphatic rings. The molecule has 0 saturated heterocycles. The Bertz CT molecular complexity index is 244. The van der Waals surface area contributed by atoms with Crippen molar-refractivity contribution in [2.24, 2.45) is 9.98 Å². The molecule has 1 spiro atoms. The third-order valence-electron chi connectivity index (χ3n) is 2.34. The van der Waals surface area contributed by atoms with Crippen molar-refractivity contribution in [2.75, 3.05) is 0 Å². The van der Waals surface area contributed by atoms with E-state index in [1.54, 1.807) is 0 Å². The molecule has 1 aliphatic carbocycles. The molecule has 0 bridgehead atoms. The second kappa shape index (κ2) is 3.17. The van der Waals surface area contributed by atoms with Gasteiger partial charge < -0.3 is 10.2 Å². The van der Waals surface area contributed by atoms with E-state index in [4.69, 9.17) is 0 Å². The van der Waals surface area contributed by atoms with Crippen LogP contribution in [0.4, 0.5) is 0 Å². The minimum atomic E-state index is -0.711. The molecule has 1 aliphatic heterocycles. The van der Waals surface area contributed by atoms with Crippen LogP contribution in [0.3, 0.4) is 0 Å². The number of aliphatic imine (C=N–C) groups is 2. The Kier molecular flexibility index (Phi) is 2.57. The molecule has 1 fully saturated rings.